The standard InChI is InChI=1S/C103H88O33/c1-61(105)121-78-76(60-120-101-86(133-97(114)70-51-29-10-30-52-70)82(130-94(111)67-45-23-7-24-46-67)77(73(57-104)123-101)126-90(107)63-37-15-3-16-38-63)124-102(119-59-74-79(127-91(108)64-39-17-4-18-40-64)81(129-93(110)66-43-21-6-22-44-66)85(100(117)122-74)132-96(113)69-49-27-9-28-50-69)87(134-98(115)71-53-31-11-32-54-71)84(78)136-103-88(135-99(116)72-55-33-12-34-56-72)83(131-95(112)68-47-25-8-26-48-68)80(128-92(109)65-41-19-5-20-42-65)75(125-103)58-118-89(106)62-35-13-2-14-36-62/h2-56,73-88,100-104,117H,57-60H2,1H3/t73-,74-,75-,76-,77-,78-,79-,80-,81+,82+,83+,84+,85-,86-,87-,88-,100+,101-,102-,103+/m1/s1. The smallest absolute Gasteiger partial charge is 0.338 e. The molecule has 4 saturated heterocycles. The molecule has 0 aromatic heterocycles. The summed E-state index contributed by atoms with van der Waals surface area (Å²) in [6.07, 6.45) is -43.2. The lowest BCUT2D eigenvalue weighted by molar-refractivity contribution is -0.368. The quantitative estimate of drug-likeness (QED) is 0.0285. The number of benzene rings is 11. The third-order valence-corrected chi connectivity index (χ3v) is 21.9. The summed E-state index contributed by atoms with van der Waals surface area (Å²) in [6, 6.07) is 81.0. The van der Waals surface area contributed by atoms with E-state index in [9.17, 15) is 53.4 Å². The zero-order valence-corrected chi connectivity index (χ0v) is 72.2. The van der Waals surface area contributed by atoms with E-state index in [2.05, 4.69) is 0 Å². The van der Waals surface area contributed by atoms with Crippen molar-refractivity contribution >= 4 is 71.6 Å². The molecule has 4 aliphatic rings. The molecule has 11 aromatic carbocycles. The molecule has 11 aromatic rings. The zero-order chi connectivity index (χ0) is 95.0. The highest BCUT2D eigenvalue weighted by Crippen LogP contribution is 2.41. The topological polar surface area (TPSA) is 421 Å². The SMILES string of the molecule is CC(=O)O[C@H]1[C@H](O[C@@H]2O[C@H](COC(=O)c3ccccc3)[C@@H](OC(=O)c3ccccc3)[C@H](OC(=O)c3ccccc3)[C@H]2OC(=O)c2ccccc2)[C@@H](OC(=O)c2ccccc2)[C@H](OC[C@H]2O[C@H](O)[C@H](OC(=O)c3ccccc3)[C@@H](OC(=O)c3ccccc3)[C@@H]2OC(=O)c2ccccc2)O[C@@H]1CO[C@@H]1O[C@H](CO)[C@@H](OC(=O)c2ccccc2)[C@H](OC(=O)c2ccccc2)[C@H]1OC(=O)c1ccccc1. The van der Waals surface area contributed by atoms with Crippen LogP contribution in [0.2, 0.25) is 0 Å². The number of hydrogen-bond donors (Lipinski definition) is 2. The normalized spacial score (nSPS) is 24.4. The van der Waals surface area contributed by atoms with E-state index in [1.54, 1.807) is 78.9 Å². The maximum atomic E-state index is 15.6. The van der Waals surface area contributed by atoms with Gasteiger partial charge >= 0.3 is 71.6 Å². The molecule has 0 radical (unpaired) electrons. The maximum absolute atomic E-state index is 15.6. The first-order chi connectivity index (χ1) is 66.2. The van der Waals surface area contributed by atoms with Gasteiger partial charge < -0.3 is 100 Å². The predicted molar refractivity (Wildman–Crippen MR) is 469 cm³/mol. The summed E-state index contributed by atoms with van der Waals surface area (Å²) in [5.74, 6) is -13.6. The van der Waals surface area contributed by atoms with Gasteiger partial charge in [-0.2, -0.15) is 0 Å². The Labute approximate surface area is 776 Å². The molecule has 136 heavy (non-hydrogen) atoms. The van der Waals surface area contributed by atoms with E-state index in [0.717, 1.165) is 6.92 Å². The third kappa shape index (κ3) is 24.0. The van der Waals surface area contributed by atoms with Crippen LogP contribution in [0.1, 0.15) is 121 Å². The molecular weight excluding hydrogens is 1770 g/mol. The average Bonchev–Trinajstić information content (AvgIpc) is 0.750. The highest BCUT2D eigenvalue weighted by molar-refractivity contribution is 5.95. The van der Waals surface area contributed by atoms with Crippen LogP contribution in [0.15, 0.2) is 334 Å². The molecule has 0 unspecified atom stereocenters. The lowest BCUT2D eigenvalue weighted by Gasteiger charge is -2.49. The van der Waals surface area contributed by atoms with Crippen LogP contribution < -0.4 is 0 Å². The fraction of sp³-hybridized carbons (Fsp3) is 0.243. The Kier molecular flexibility index (Phi) is 32.2. The van der Waals surface area contributed by atoms with Crippen molar-refractivity contribution in [2.24, 2.45) is 0 Å². The van der Waals surface area contributed by atoms with Crippen molar-refractivity contribution < 1.29 is 158 Å². The molecular formula is C103H88O33. The molecule has 4 aliphatic heterocycles. The zero-order valence-electron chi connectivity index (χ0n) is 72.2. The molecule has 2 N–H and O–H groups in total. The summed E-state index contributed by atoms with van der Waals surface area (Å²) in [7, 11) is 0. The van der Waals surface area contributed by atoms with Gasteiger partial charge in [0.2, 0.25) is 0 Å². The largest absolute Gasteiger partial charge is 0.459 e. The molecule has 4 heterocycles. The minimum atomic E-state index is -2.45. The van der Waals surface area contributed by atoms with E-state index >= 15 is 14.4 Å². The highest BCUT2D eigenvalue weighted by atomic mass is 16.8. The van der Waals surface area contributed by atoms with Crippen molar-refractivity contribution in [2.75, 3.05) is 26.4 Å². The summed E-state index contributed by atoms with van der Waals surface area (Å²) in [6.45, 7) is -3.38. The van der Waals surface area contributed by atoms with Crippen molar-refractivity contribution in [1.82, 2.24) is 0 Å². The summed E-state index contributed by atoms with van der Waals surface area (Å²) < 4.78 is 124. The van der Waals surface area contributed by atoms with Crippen LogP contribution in [-0.2, 0) is 94.8 Å². The first-order valence-corrected chi connectivity index (χ1v) is 43.0. The summed E-state index contributed by atoms with van der Waals surface area (Å²) in [5, 5.41) is 24.1. The molecule has 15 rings (SSSR count). The summed E-state index contributed by atoms with van der Waals surface area (Å²) in [4.78, 5) is 178. The van der Waals surface area contributed by atoms with Crippen molar-refractivity contribution in [1.29, 1.82) is 0 Å². The van der Waals surface area contributed by atoms with E-state index in [1.165, 1.54) is 255 Å². The summed E-state index contributed by atoms with van der Waals surface area (Å²) >= 11 is 0. The molecule has 0 spiro atoms. The van der Waals surface area contributed by atoms with Gasteiger partial charge in [0, 0.05) is 6.92 Å². The Morgan fingerprint density at radius 2 is 0.419 bits per heavy atom. The second kappa shape index (κ2) is 45.9. The minimum absolute atomic E-state index is 0.00970. The lowest BCUT2D eigenvalue weighted by atomic mass is 9.95. The molecule has 0 aliphatic carbocycles. The minimum Gasteiger partial charge on any atom is -0.459 e. The molecule has 20 atom stereocenters. The molecule has 0 bridgehead atoms. The number of esters is 12. The van der Waals surface area contributed by atoms with Crippen LogP contribution in [0.5, 0.6) is 0 Å². The Balaban J connectivity index is 0.906. The van der Waals surface area contributed by atoms with Crippen molar-refractivity contribution in [3.63, 3.8) is 0 Å². The molecule has 0 saturated carbocycles. The molecule has 698 valence electrons. The van der Waals surface area contributed by atoms with Crippen LogP contribution >= 0.6 is 0 Å². The number of carbonyl (C=O) groups is 12. The number of ether oxygens (including phenoxy) is 19. The van der Waals surface area contributed by atoms with Crippen molar-refractivity contribution in [3.05, 3.63) is 395 Å². The second-order valence-corrected chi connectivity index (χ2v) is 31.0. The van der Waals surface area contributed by atoms with Crippen LogP contribution in [0, 0.1) is 0 Å². The number of hydrogen-bond acceptors (Lipinski definition) is 33. The van der Waals surface area contributed by atoms with Gasteiger partial charge in [-0.3, -0.25) is 4.79 Å². The van der Waals surface area contributed by atoms with E-state index in [0.29, 0.717) is 0 Å². The van der Waals surface area contributed by atoms with Gasteiger partial charge in [-0.05, 0) is 133 Å². The van der Waals surface area contributed by atoms with Crippen LogP contribution in [0.4, 0.5) is 0 Å². The van der Waals surface area contributed by atoms with Crippen molar-refractivity contribution in [2.45, 2.75) is 130 Å². The predicted octanol–water partition coefficient (Wildman–Crippen LogP) is 11.3. The third-order valence-electron chi connectivity index (χ3n) is 21.9. The van der Waals surface area contributed by atoms with Crippen molar-refractivity contribution in [3.8, 4) is 0 Å². The number of aliphatic hydroxyl groups is 2. The van der Waals surface area contributed by atoms with Gasteiger partial charge in [0.1, 0.15) is 37.1 Å². The monoisotopic (exact) mass is 1850 g/mol. The van der Waals surface area contributed by atoms with E-state index < -0.39 is 221 Å². The fourth-order valence-electron chi connectivity index (χ4n) is 15.3. The molecule has 4 fully saturated rings. The molecule has 33 nitrogen and oxygen atoms in total. The van der Waals surface area contributed by atoms with Gasteiger partial charge in [0.25, 0.3) is 0 Å². The van der Waals surface area contributed by atoms with Gasteiger partial charge in [0.15, 0.2) is 92.3 Å². The number of carbonyl (C=O) groups excluding carboxylic acids is 12. The van der Waals surface area contributed by atoms with E-state index in [1.807, 2.05) is 0 Å². The fourth-order valence-corrected chi connectivity index (χ4v) is 15.3. The average molecular weight is 1850 g/mol. The van der Waals surface area contributed by atoms with Crippen LogP contribution in [-0.4, -0.2) is 231 Å². The van der Waals surface area contributed by atoms with E-state index in [-0.39, 0.29) is 61.2 Å². The maximum Gasteiger partial charge on any atom is 0.338 e. The van der Waals surface area contributed by atoms with Gasteiger partial charge in [0.05, 0.1) is 81.0 Å². The molecule has 0 amide bonds. The Bertz CT molecular complexity index is 5880. The lowest BCUT2D eigenvalue weighted by Crippen LogP contribution is -2.68. The van der Waals surface area contributed by atoms with Crippen LogP contribution in [0.25, 0.3) is 0 Å². The number of aliphatic hydroxyl groups excluding tert-OH is 2. The molecule has 33 heteroatoms. The first kappa shape index (κ1) is 95.3. The van der Waals surface area contributed by atoms with Gasteiger partial charge in [-0.1, -0.05) is 200 Å². The van der Waals surface area contributed by atoms with E-state index in [4.69, 9.17) is 90.0 Å². The highest BCUT2D eigenvalue weighted by Gasteiger charge is 2.61. The van der Waals surface area contributed by atoms with Crippen LogP contribution in [0.3, 0.4) is 0 Å². The Morgan fingerprint density at radius 1 is 0.221 bits per heavy atom. The Morgan fingerprint density at radius 3 is 0.699 bits per heavy atom. The number of rotatable bonds is 33. The Hall–Kier alpha value is -15.3. The summed E-state index contributed by atoms with van der Waals surface area (Å²) in [5.41, 5.74) is -1.13. The van der Waals surface area contributed by atoms with Gasteiger partial charge in [-0.15, -0.1) is 0 Å². The second-order valence-electron chi connectivity index (χ2n) is 31.0. The van der Waals surface area contributed by atoms with Gasteiger partial charge in [-0.25, -0.2) is 52.7 Å². The first-order valence-electron chi connectivity index (χ1n) is 43.0.